The minimum Gasteiger partial charge on any atom is -0.493 e. The molecule has 0 atom stereocenters. The SMILES string of the molecule is COc1ccccc1OCCCn1c(C)c(/C=N/Nc2nc3ccccc3s2)c2ccccc21. The van der Waals surface area contributed by atoms with Gasteiger partial charge in [-0.15, -0.1) is 0 Å². The first-order valence-electron chi connectivity index (χ1n) is 11.2. The van der Waals surface area contributed by atoms with Crippen molar-refractivity contribution in [3.63, 3.8) is 0 Å². The number of hydrogen-bond donors (Lipinski definition) is 1. The van der Waals surface area contributed by atoms with Gasteiger partial charge in [0.15, 0.2) is 11.5 Å². The first kappa shape index (κ1) is 22.0. The lowest BCUT2D eigenvalue weighted by atomic mass is 10.1. The summed E-state index contributed by atoms with van der Waals surface area (Å²) in [6.07, 6.45) is 2.77. The number of anilines is 1. The quantitative estimate of drug-likeness (QED) is 0.152. The zero-order chi connectivity index (χ0) is 23.3. The monoisotopic (exact) mass is 470 g/mol. The minimum atomic E-state index is 0.606. The summed E-state index contributed by atoms with van der Waals surface area (Å²) < 4.78 is 14.8. The lowest BCUT2D eigenvalue weighted by Gasteiger charge is -2.12. The summed E-state index contributed by atoms with van der Waals surface area (Å²) in [6.45, 7) is 3.59. The Balaban J connectivity index is 1.30. The number of rotatable bonds is 9. The number of nitrogens with one attached hydrogen (secondary N) is 1. The Bertz CT molecular complexity index is 1420. The Morgan fingerprint density at radius 1 is 1.00 bits per heavy atom. The average Bonchev–Trinajstić information content (AvgIpc) is 3.40. The first-order chi connectivity index (χ1) is 16.7. The summed E-state index contributed by atoms with van der Waals surface area (Å²) >= 11 is 1.60. The van der Waals surface area contributed by atoms with Crippen LogP contribution in [0.15, 0.2) is 77.9 Å². The molecule has 7 heteroatoms. The van der Waals surface area contributed by atoms with Gasteiger partial charge in [0.2, 0.25) is 5.13 Å². The topological polar surface area (TPSA) is 60.7 Å². The second-order valence-electron chi connectivity index (χ2n) is 7.88. The Morgan fingerprint density at radius 3 is 2.62 bits per heavy atom. The number of methoxy groups -OCH3 is 1. The van der Waals surface area contributed by atoms with Crippen molar-refractivity contribution in [1.82, 2.24) is 9.55 Å². The molecule has 0 aliphatic carbocycles. The van der Waals surface area contributed by atoms with Crippen LogP contribution in [-0.2, 0) is 6.54 Å². The van der Waals surface area contributed by atoms with E-state index in [2.05, 4.69) is 57.3 Å². The highest BCUT2D eigenvalue weighted by molar-refractivity contribution is 7.22. The van der Waals surface area contributed by atoms with E-state index in [1.807, 2.05) is 48.7 Å². The fourth-order valence-electron chi connectivity index (χ4n) is 4.12. The van der Waals surface area contributed by atoms with Crippen LogP contribution in [0.5, 0.6) is 11.5 Å². The molecule has 0 aliphatic heterocycles. The molecule has 34 heavy (non-hydrogen) atoms. The zero-order valence-electron chi connectivity index (χ0n) is 19.2. The van der Waals surface area contributed by atoms with Crippen molar-refractivity contribution in [3.05, 3.63) is 84.1 Å². The van der Waals surface area contributed by atoms with Gasteiger partial charge in [-0.2, -0.15) is 5.10 Å². The molecule has 0 fully saturated rings. The van der Waals surface area contributed by atoms with Gasteiger partial charge in [-0.25, -0.2) is 4.98 Å². The molecule has 2 heterocycles. The van der Waals surface area contributed by atoms with E-state index >= 15 is 0 Å². The highest BCUT2D eigenvalue weighted by atomic mass is 32.1. The number of fused-ring (bicyclic) bond motifs is 2. The van der Waals surface area contributed by atoms with Crippen LogP contribution in [0.4, 0.5) is 5.13 Å². The molecular weight excluding hydrogens is 444 g/mol. The summed E-state index contributed by atoms with van der Waals surface area (Å²) in [7, 11) is 1.66. The van der Waals surface area contributed by atoms with Crippen LogP contribution in [0, 0.1) is 6.92 Å². The Kier molecular flexibility index (Phi) is 6.44. The third-order valence-electron chi connectivity index (χ3n) is 5.78. The fourth-order valence-corrected chi connectivity index (χ4v) is 4.94. The number of aromatic nitrogens is 2. The van der Waals surface area contributed by atoms with Crippen LogP contribution in [0.3, 0.4) is 0 Å². The number of benzene rings is 3. The van der Waals surface area contributed by atoms with Crippen LogP contribution in [0.2, 0.25) is 0 Å². The maximum Gasteiger partial charge on any atom is 0.204 e. The highest BCUT2D eigenvalue weighted by Gasteiger charge is 2.12. The molecule has 1 N–H and O–H groups in total. The maximum atomic E-state index is 5.97. The smallest absolute Gasteiger partial charge is 0.204 e. The van der Waals surface area contributed by atoms with Gasteiger partial charge in [-0.3, -0.25) is 5.43 Å². The van der Waals surface area contributed by atoms with Crippen LogP contribution in [-0.4, -0.2) is 29.5 Å². The predicted molar refractivity (Wildman–Crippen MR) is 141 cm³/mol. The van der Waals surface area contributed by atoms with Crippen molar-refractivity contribution in [1.29, 1.82) is 0 Å². The average molecular weight is 471 g/mol. The Labute approximate surface area is 202 Å². The maximum absolute atomic E-state index is 5.97. The molecule has 0 saturated carbocycles. The molecule has 5 rings (SSSR count). The number of hydrazone groups is 1. The van der Waals surface area contributed by atoms with Gasteiger partial charge in [0, 0.05) is 28.7 Å². The lowest BCUT2D eigenvalue weighted by Crippen LogP contribution is -2.06. The van der Waals surface area contributed by atoms with Crippen molar-refractivity contribution < 1.29 is 9.47 Å². The van der Waals surface area contributed by atoms with Crippen molar-refractivity contribution in [2.24, 2.45) is 5.10 Å². The highest BCUT2D eigenvalue weighted by Crippen LogP contribution is 2.28. The minimum absolute atomic E-state index is 0.606. The molecule has 0 radical (unpaired) electrons. The molecule has 0 saturated heterocycles. The fraction of sp³-hybridized carbons (Fsp3) is 0.185. The largest absolute Gasteiger partial charge is 0.493 e. The van der Waals surface area contributed by atoms with E-state index < -0.39 is 0 Å². The van der Waals surface area contributed by atoms with Crippen molar-refractivity contribution >= 4 is 43.8 Å². The summed E-state index contributed by atoms with van der Waals surface area (Å²) in [5, 5.41) is 6.47. The molecule has 172 valence electrons. The third-order valence-corrected chi connectivity index (χ3v) is 6.72. The first-order valence-corrected chi connectivity index (χ1v) is 12.0. The Hall–Kier alpha value is -3.84. The molecule has 3 aromatic carbocycles. The van der Waals surface area contributed by atoms with E-state index in [0.717, 1.165) is 45.4 Å². The molecule has 6 nitrogen and oxygen atoms in total. The number of hydrogen-bond acceptors (Lipinski definition) is 6. The van der Waals surface area contributed by atoms with Crippen molar-refractivity contribution in [2.45, 2.75) is 19.9 Å². The summed E-state index contributed by atoms with van der Waals surface area (Å²) in [5.41, 5.74) is 7.55. The molecule has 0 bridgehead atoms. The van der Waals surface area contributed by atoms with Crippen molar-refractivity contribution in [3.8, 4) is 11.5 Å². The second-order valence-corrected chi connectivity index (χ2v) is 8.91. The van der Waals surface area contributed by atoms with Gasteiger partial charge in [0.25, 0.3) is 0 Å². The van der Waals surface area contributed by atoms with Gasteiger partial charge in [-0.05, 0) is 43.7 Å². The van der Waals surface area contributed by atoms with E-state index in [0.29, 0.717) is 6.61 Å². The Morgan fingerprint density at radius 2 is 1.76 bits per heavy atom. The molecule has 0 spiro atoms. The standard InChI is InChI=1S/C27H26N4O2S/c1-19-21(18-28-30-27-29-22-11-4-8-15-26(22)34-27)20-10-3-5-12-23(20)31(19)16-9-17-33-25-14-7-6-13-24(25)32-2/h3-8,10-15,18H,9,16-17H2,1-2H3,(H,29,30)/b28-18+. The van der Waals surface area contributed by atoms with Gasteiger partial charge >= 0.3 is 0 Å². The van der Waals surface area contributed by atoms with E-state index in [4.69, 9.17) is 9.47 Å². The molecular formula is C27H26N4O2S. The van der Waals surface area contributed by atoms with Gasteiger partial charge < -0.3 is 14.0 Å². The molecule has 0 aliphatic rings. The third kappa shape index (κ3) is 4.47. The number of ether oxygens (including phenoxy) is 2. The zero-order valence-corrected chi connectivity index (χ0v) is 20.0. The van der Waals surface area contributed by atoms with Crippen LogP contribution < -0.4 is 14.9 Å². The van der Waals surface area contributed by atoms with Crippen LogP contribution in [0.1, 0.15) is 17.7 Å². The van der Waals surface area contributed by atoms with Gasteiger partial charge in [0.1, 0.15) is 0 Å². The van der Waals surface area contributed by atoms with Crippen molar-refractivity contribution in [2.75, 3.05) is 19.1 Å². The summed E-state index contributed by atoms with van der Waals surface area (Å²) in [6, 6.07) is 24.3. The van der Waals surface area contributed by atoms with Gasteiger partial charge in [0.05, 0.1) is 30.1 Å². The summed E-state index contributed by atoms with van der Waals surface area (Å²) in [5.74, 6) is 1.53. The summed E-state index contributed by atoms with van der Waals surface area (Å²) in [4.78, 5) is 4.59. The van der Waals surface area contributed by atoms with Crippen LogP contribution in [0.25, 0.3) is 21.1 Å². The van der Waals surface area contributed by atoms with E-state index in [9.17, 15) is 0 Å². The normalized spacial score (nSPS) is 11.5. The molecule has 0 amide bonds. The van der Waals surface area contributed by atoms with E-state index in [-0.39, 0.29) is 0 Å². The van der Waals surface area contributed by atoms with E-state index in [1.54, 1.807) is 18.4 Å². The van der Waals surface area contributed by atoms with Crippen LogP contribution >= 0.6 is 11.3 Å². The number of thiazole rings is 1. The molecule has 5 aromatic rings. The second kappa shape index (κ2) is 9.97. The molecule has 2 aromatic heterocycles. The number of para-hydroxylation sites is 4. The molecule has 0 unspecified atom stereocenters. The van der Waals surface area contributed by atoms with E-state index in [1.165, 1.54) is 16.6 Å². The number of nitrogens with zero attached hydrogens (tertiary/aromatic N) is 3. The van der Waals surface area contributed by atoms with Gasteiger partial charge in [-0.1, -0.05) is 53.8 Å². The number of aryl methyl sites for hydroxylation is 1. The predicted octanol–water partition coefficient (Wildman–Crippen LogP) is 6.48. The lowest BCUT2D eigenvalue weighted by molar-refractivity contribution is 0.283.